The van der Waals surface area contributed by atoms with E-state index in [1.54, 1.807) is 42.5 Å². The van der Waals surface area contributed by atoms with E-state index in [-0.39, 0.29) is 10.7 Å². The molecule has 0 radical (unpaired) electrons. The van der Waals surface area contributed by atoms with Gasteiger partial charge in [-0.15, -0.1) is 0 Å². The maximum absolute atomic E-state index is 12.9. The van der Waals surface area contributed by atoms with E-state index in [2.05, 4.69) is 9.97 Å². The van der Waals surface area contributed by atoms with Gasteiger partial charge in [0.25, 0.3) is 0 Å². The van der Waals surface area contributed by atoms with Crippen molar-refractivity contribution in [3.05, 3.63) is 60.2 Å². The Labute approximate surface area is 146 Å². The number of aromatic nitrogens is 2. The van der Waals surface area contributed by atoms with Crippen LogP contribution >= 0.6 is 0 Å². The highest BCUT2D eigenvalue weighted by Crippen LogP contribution is 2.28. The summed E-state index contributed by atoms with van der Waals surface area (Å²) >= 11 is 0. The van der Waals surface area contributed by atoms with Crippen LogP contribution in [0.3, 0.4) is 0 Å². The second-order valence-electron chi connectivity index (χ2n) is 5.67. The van der Waals surface area contributed by atoms with Gasteiger partial charge in [-0.25, -0.2) is 21.8 Å². The molecule has 0 amide bonds. The van der Waals surface area contributed by atoms with Crippen molar-refractivity contribution in [2.75, 3.05) is 6.26 Å². The quantitative estimate of drug-likeness (QED) is 0.755. The summed E-state index contributed by atoms with van der Waals surface area (Å²) in [6, 6.07) is 14.9. The molecule has 0 aliphatic carbocycles. The van der Waals surface area contributed by atoms with Gasteiger partial charge in [0.2, 0.25) is 9.84 Å². The van der Waals surface area contributed by atoms with Crippen LogP contribution in [-0.2, 0) is 19.7 Å². The number of rotatable bonds is 4. The standard InChI is InChI=1S/C17H16N2O4S2/c1-12-8-10-14(11-9-12)25(22,23)17-16(24(2,20)21)18-15(19-17)13-6-4-3-5-7-13/h3-11H,1-2H3,(H,18,19). The van der Waals surface area contributed by atoms with Crippen LogP contribution < -0.4 is 0 Å². The van der Waals surface area contributed by atoms with Crippen molar-refractivity contribution >= 4 is 19.7 Å². The number of hydrogen-bond acceptors (Lipinski definition) is 5. The number of nitrogens with zero attached hydrogens (tertiary/aromatic N) is 1. The minimum Gasteiger partial charge on any atom is -0.328 e. The summed E-state index contributed by atoms with van der Waals surface area (Å²) < 4.78 is 50.0. The number of imidazole rings is 1. The zero-order chi connectivity index (χ0) is 18.2. The second kappa shape index (κ2) is 6.12. The van der Waals surface area contributed by atoms with Crippen molar-refractivity contribution < 1.29 is 16.8 Å². The van der Waals surface area contributed by atoms with Crippen LogP contribution in [0.15, 0.2) is 69.5 Å². The maximum atomic E-state index is 12.9. The molecule has 1 N–H and O–H groups in total. The molecule has 0 saturated heterocycles. The maximum Gasteiger partial charge on any atom is 0.224 e. The second-order valence-corrected chi connectivity index (χ2v) is 9.49. The van der Waals surface area contributed by atoms with E-state index in [0.717, 1.165) is 11.8 Å². The lowest BCUT2D eigenvalue weighted by Crippen LogP contribution is -2.09. The molecule has 0 fully saturated rings. The zero-order valence-corrected chi connectivity index (χ0v) is 15.2. The first-order valence-electron chi connectivity index (χ1n) is 7.37. The smallest absolute Gasteiger partial charge is 0.224 e. The third-order valence-electron chi connectivity index (χ3n) is 3.64. The number of nitrogens with one attached hydrogen (secondary N) is 1. The minimum absolute atomic E-state index is 0.00580. The van der Waals surface area contributed by atoms with Crippen LogP contribution in [-0.4, -0.2) is 33.1 Å². The Morgan fingerprint density at radius 1 is 0.880 bits per heavy atom. The normalized spacial score (nSPS) is 12.2. The molecule has 0 atom stereocenters. The molecule has 6 nitrogen and oxygen atoms in total. The molecular formula is C17H16N2O4S2. The predicted molar refractivity (Wildman–Crippen MR) is 93.8 cm³/mol. The fourth-order valence-electron chi connectivity index (χ4n) is 2.34. The molecule has 0 saturated carbocycles. The molecule has 1 heterocycles. The van der Waals surface area contributed by atoms with E-state index in [1.165, 1.54) is 12.1 Å². The third-order valence-corrected chi connectivity index (χ3v) is 6.49. The number of hydrogen-bond donors (Lipinski definition) is 1. The zero-order valence-electron chi connectivity index (χ0n) is 13.6. The molecule has 3 aromatic rings. The fourth-order valence-corrected chi connectivity index (χ4v) is 5.01. The third kappa shape index (κ3) is 3.35. The number of aromatic amines is 1. The van der Waals surface area contributed by atoms with Crippen LogP contribution in [0.5, 0.6) is 0 Å². The molecule has 0 aliphatic rings. The Hall–Kier alpha value is -2.45. The number of sulfone groups is 2. The van der Waals surface area contributed by atoms with Crippen molar-refractivity contribution in [2.45, 2.75) is 21.9 Å². The molecule has 25 heavy (non-hydrogen) atoms. The Bertz CT molecular complexity index is 1120. The van der Waals surface area contributed by atoms with E-state index in [1.807, 2.05) is 6.92 Å². The van der Waals surface area contributed by atoms with Gasteiger partial charge in [-0.3, -0.25) is 0 Å². The minimum atomic E-state index is -4.05. The van der Waals surface area contributed by atoms with Crippen molar-refractivity contribution in [1.82, 2.24) is 9.97 Å². The summed E-state index contributed by atoms with van der Waals surface area (Å²) in [4.78, 5) is 6.72. The van der Waals surface area contributed by atoms with Crippen LogP contribution in [0.2, 0.25) is 0 Å². The van der Waals surface area contributed by atoms with Gasteiger partial charge in [0.05, 0.1) is 4.90 Å². The summed E-state index contributed by atoms with van der Waals surface area (Å²) in [5.74, 6) is 0.187. The molecular weight excluding hydrogens is 360 g/mol. The van der Waals surface area contributed by atoms with Crippen molar-refractivity contribution in [1.29, 1.82) is 0 Å². The van der Waals surface area contributed by atoms with Gasteiger partial charge in [0.15, 0.2) is 19.9 Å². The largest absolute Gasteiger partial charge is 0.328 e. The molecule has 0 spiro atoms. The first-order chi connectivity index (χ1) is 11.7. The van der Waals surface area contributed by atoms with Gasteiger partial charge < -0.3 is 4.98 Å². The molecule has 0 aliphatic heterocycles. The van der Waals surface area contributed by atoms with E-state index in [9.17, 15) is 16.8 Å². The summed E-state index contributed by atoms with van der Waals surface area (Å²) in [7, 11) is -7.90. The Morgan fingerprint density at radius 2 is 1.48 bits per heavy atom. The highest BCUT2D eigenvalue weighted by atomic mass is 32.2. The molecule has 2 aromatic carbocycles. The van der Waals surface area contributed by atoms with Crippen molar-refractivity contribution in [3.8, 4) is 11.4 Å². The lowest BCUT2D eigenvalue weighted by atomic mass is 10.2. The Kier molecular flexibility index (Phi) is 4.26. The van der Waals surface area contributed by atoms with Crippen molar-refractivity contribution in [3.63, 3.8) is 0 Å². The van der Waals surface area contributed by atoms with E-state index in [0.29, 0.717) is 5.56 Å². The molecule has 1 aromatic heterocycles. The number of H-pyrrole nitrogens is 1. The average Bonchev–Trinajstić information content (AvgIpc) is 3.02. The first-order valence-corrected chi connectivity index (χ1v) is 10.7. The van der Waals surface area contributed by atoms with E-state index in [4.69, 9.17) is 0 Å². The Balaban J connectivity index is 2.24. The van der Waals surface area contributed by atoms with Gasteiger partial charge in [-0.05, 0) is 19.1 Å². The summed E-state index contributed by atoms with van der Waals surface area (Å²) in [5, 5.41) is -0.898. The van der Waals surface area contributed by atoms with Gasteiger partial charge in [0.1, 0.15) is 5.82 Å². The number of aryl methyl sites for hydroxylation is 1. The summed E-state index contributed by atoms with van der Waals surface area (Å²) in [6.45, 7) is 1.84. The van der Waals surface area contributed by atoms with Gasteiger partial charge in [-0.1, -0.05) is 48.0 Å². The molecule has 130 valence electrons. The van der Waals surface area contributed by atoms with Crippen molar-refractivity contribution in [2.24, 2.45) is 0 Å². The number of benzene rings is 2. The van der Waals surface area contributed by atoms with Gasteiger partial charge in [0, 0.05) is 11.8 Å². The van der Waals surface area contributed by atoms with Crippen LogP contribution in [0.1, 0.15) is 5.56 Å². The molecule has 0 unspecified atom stereocenters. The Morgan fingerprint density at radius 3 is 2.04 bits per heavy atom. The fraction of sp³-hybridized carbons (Fsp3) is 0.118. The monoisotopic (exact) mass is 376 g/mol. The molecule has 0 bridgehead atoms. The highest BCUT2D eigenvalue weighted by molar-refractivity contribution is 7.94. The van der Waals surface area contributed by atoms with Gasteiger partial charge in [-0.2, -0.15) is 0 Å². The van der Waals surface area contributed by atoms with Crippen LogP contribution in [0.4, 0.5) is 0 Å². The topological polar surface area (TPSA) is 97.0 Å². The molecule has 8 heteroatoms. The summed E-state index contributed by atoms with van der Waals surface area (Å²) in [5.41, 5.74) is 1.50. The lowest BCUT2D eigenvalue weighted by Gasteiger charge is -2.04. The van der Waals surface area contributed by atoms with E-state index >= 15 is 0 Å². The first kappa shape index (κ1) is 17.4. The van der Waals surface area contributed by atoms with Gasteiger partial charge >= 0.3 is 0 Å². The van der Waals surface area contributed by atoms with Crippen LogP contribution in [0, 0.1) is 6.92 Å². The van der Waals surface area contributed by atoms with E-state index < -0.39 is 29.7 Å². The van der Waals surface area contributed by atoms with Crippen LogP contribution in [0.25, 0.3) is 11.4 Å². The highest BCUT2D eigenvalue weighted by Gasteiger charge is 2.30. The lowest BCUT2D eigenvalue weighted by molar-refractivity contribution is 0.580. The average molecular weight is 376 g/mol. The SMILES string of the molecule is Cc1ccc(S(=O)(=O)c2[nH]c(-c3ccccc3)nc2S(C)(=O)=O)cc1. The summed E-state index contributed by atoms with van der Waals surface area (Å²) in [6.07, 6.45) is 0.937. The molecule has 3 rings (SSSR count). The predicted octanol–water partition coefficient (Wildman–Crippen LogP) is 2.62.